The fourth-order valence-electron chi connectivity index (χ4n) is 1.77. The molecule has 0 spiro atoms. The minimum atomic E-state index is -1.15. The first-order valence-electron chi connectivity index (χ1n) is 6.30. The third-order valence-corrected chi connectivity index (χ3v) is 6.09. The van der Waals surface area contributed by atoms with Crippen LogP contribution >= 0.6 is 22.9 Å². The lowest BCUT2D eigenvalue weighted by atomic mass is 10.3. The lowest BCUT2D eigenvalue weighted by Crippen LogP contribution is -2.02. The van der Waals surface area contributed by atoms with E-state index in [0.29, 0.717) is 16.7 Å². The summed E-state index contributed by atoms with van der Waals surface area (Å²) in [6, 6.07) is 0. The van der Waals surface area contributed by atoms with Crippen molar-refractivity contribution in [3.05, 3.63) is 41.6 Å². The van der Waals surface area contributed by atoms with Gasteiger partial charge in [0.15, 0.2) is 5.13 Å². The number of halogens is 1. The summed E-state index contributed by atoms with van der Waals surface area (Å²) in [5, 5.41) is 4.25. The quantitative estimate of drug-likeness (QED) is 0.768. The SMILES string of the molecule is C=C/C=C(/CS(=O)c1sc(NC)nc1C1CC1)C(=C)Cl. The maximum atomic E-state index is 12.6. The lowest BCUT2D eigenvalue weighted by molar-refractivity contribution is 0.685. The van der Waals surface area contributed by atoms with Crippen LogP contribution in [0.1, 0.15) is 24.5 Å². The van der Waals surface area contributed by atoms with Crippen LogP contribution in [0.15, 0.2) is 40.1 Å². The zero-order valence-electron chi connectivity index (χ0n) is 11.3. The average molecular weight is 329 g/mol. The van der Waals surface area contributed by atoms with Crippen LogP contribution < -0.4 is 5.32 Å². The highest BCUT2D eigenvalue weighted by atomic mass is 35.5. The van der Waals surface area contributed by atoms with Gasteiger partial charge in [0.05, 0.1) is 22.2 Å². The van der Waals surface area contributed by atoms with Crippen LogP contribution in [0.25, 0.3) is 0 Å². The molecule has 1 N–H and O–H groups in total. The molecule has 3 nitrogen and oxygen atoms in total. The van der Waals surface area contributed by atoms with E-state index in [0.717, 1.165) is 33.4 Å². The molecule has 0 radical (unpaired) electrons. The second-order valence-corrected chi connectivity index (χ2v) is 7.64. The Bertz CT molecular complexity index is 588. The van der Waals surface area contributed by atoms with Crippen molar-refractivity contribution in [1.82, 2.24) is 4.98 Å². The summed E-state index contributed by atoms with van der Waals surface area (Å²) in [5.74, 6) is 0.817. The molecule has 108 valence electrons. The number of aromatic nitrogens is 1. The zero-order chi connectivity index (χ0) is 14.7. The highest BCUT2D eigenvalue weighted by molar-refractivity contribution is 7.87. The van der Waals surface area contributed by atoms with Crippen LogP contribution in [0, 0.1) is 0 Å². The van der Waals surface area contributed by atoms with Crippen molar-refractivity contribution < 1.29 is 4.21 Å². The van der Waals surface area contributed by atoms with Gasteiger partial charge in [0.2, 0.25) is 0 Å². The number of hydrogen-bond acceptors (Lipinski definition) is 4. The number of hydrogen-bond donors (Lipinski definition) is 1. The van der Waals surface area contributed by atoms with Crippen molar-refractivity contribution in [1.29, 1.82) is 0 Å². The van der Waals surface area contributed by atoms with Gasteiger partial charge in [0.25, 0.3) is 0 Å². The molecule has 1 saturated carbocycles. The van der Waals surface area contributed by atoms with E-state index in [4.69, 9.17) is 11.6 Å². The van der Waals surface area contributed by atoms with Gasteiger partial charge >= 0.3 is 0 Å². The maximum Gasteiger partial charge on any atom is 0.183 e. The van der Waals surface area contributed by atoms with E-state index in [1.807, 2.05) is 7.05 Å². The van der Waals surface area contributed by atoms with Crippen LogP contribution in [0.2, 0.25) is 0 Å². The molecule has 1 aromatic rings. The molecule has 1 atom stereocenters. The second-order valence-electron chi connectivity index (χ2n) is 4.54. The molecule has 20 heavy (non-hydrogen) atoms. The first-order valence-corrected chi connectivity index (χ1v) is 8.81. The molecule has 1 unspecified atom stereocenters. The van der Waals surface area contributed by atoms with E-state index < -0.39 is 10.8 Å². The molecule has 0 amide bonds. The van der Waals surface area contributed by atoms with Crippen molar-refractivity contribution >= 4 is 38.9 Å². The molecule has 6 heteroatoms. The van der Waals surface area contributed by atoms with Crippen molar-refractivity contribution in [2.45, 2.75) is 23.0 Å². The van der Waals surface area contributed by atoms with E-state index >= 15 is 0 Å². The van der Waals surface area contributed by atoms with Gasteiger partial charge in [0.1, 0.15) is 4.21 Å². The van der Waals surface area contributed by atoms with E-state index in [1.165, 1.54) is 11.3 Å². The number of thiazole rings is 1. The van der Waals surface area contributed by atoms with E-state index in [-0.39, 0.29) is 0 Å². The smallest absolute Gasteiger partial charge is 0.183 e. The van der Waals surface area contributed by atoms with E-state index in [1.54, 1.807) is 12.2 Å². The minimum absolute atomic E-state index is 0.347. The van der Waals surface area contributed by atoms with Crippen LogP contribution in [-0.2, 0) is 10.8 Å². The Morgan fingerprint density at radius 3 is 2.85 bits per heavy atom. The highest BCUT2D eigenvalue weighted by Crippen LogP contribution is 2.45. The predicted molar refractivity (Wildman–Crippen MR) is 88.2 cm³/mol. The fourth-order valence-corrected chi connectivity index (χ4v) is 4.63. The number of anilines is 1. The number of rotatable bonds is 7. The number of allylic oxidation sites excluding steroid dienone is 3. The van der Waals surface area contributed by atoms with Crippen LogP contribution in [0.5, 0.6) is 0 Å². The monoisotopic (exact) mass is 328 g/mol. The molecule has 1 aromatic heterocycles. The Kier molecular flexibility index (Phi) is 5.18. The third-order valence-electron chi connectivity index (χ3n) is 2.96. The molecule has 1 fully saturated rings. The van der Waals surface area contributed by atoms with Crippen LogP contribution in [0.3, 0.4) is 0 Å². The molecular weight excluding hydrogens is 312 g/mol. The zero-order valence-corrected chi connectivity index (χ0v) is 13.7. The first kappa shape index (κ1) is 15.5. The summed E-state index contributed by atoms with van der Waals surface area (Å²) < 4.78 is 13.4. The number of nitrogens with zero attached hydrogens (tertiary/aromatic N) is 1. The summed E-state index contributed by atoms with van der Waals surface area (Å²) in [7, 11) is 0.671. The Morgan fingerprint density at radius 2 is 2.35 bits per heavy atom. The topological polar surface area (TPSA) is 42.0 Å². The molecule has 0 aromatic carbocycles. The van der Waals surface area contributed by atoms with E-state index in [9.17, 15) is 4.21 Å². The predicted octanol–water partition coefficient (Wildman–Crippen LogP) is 4.03. The number of nitrogens with one attached hydrogen (secondary N) is 1. The Balaban J connectivity index is 2.24. The standard InChI is InChI=1S/C14H17ClN2OS2/c1-4-5-11(9(2)15)8-20(18)13-12(10-6-7-10)17-14(16-3)19-13/h4-5,10H,1-2,6-8H2,3H3,(H,16,17)/b11-5-. The van der Waals surface area contributed by atoms with Gasteiger partial charge in [0, 0.05) is 18.0 Å². The van der Waals surface area contributed by atoms with Gasteiger partial charge in [-0.3, -0.25) is 4.21 Å². The summed E-state index contributed by atoms with van der Waals surface area (Å²) >= 11 is 7.39. The normalized spacial score (nSPS) is 16.8. The van der Waals surface area contributed by atoms with Crippen molar-refractivity contribution in [3.8, 4) is 0 Å². The summed E-state index contributed by atoms with van der Waals surface area (Å²) in [6.07, 6.45) is 5.65. The van der Waals surface area contributed by atoms with Crippen molar-refractivity contribution in [3.63, 3.8) is 0 Å². The Labute approximate surface area is 130 Å². The third kappa shape index (κ3) is 3.59. The molecule has 1 aliphatic carbocycles. The van der Waals surface area contributed by atoms with Crippen LogP contribution in [0.4, 0.5) is 5.13 Å². The molecule has 0 saturated heterocycles. The van der Waals surface area contributed by atoms with Gasteiger partial charge in [-0.2, -0.15) is 0 Å². The minimum Gasteiger partial charge on any atom is -0.365 e. The summed E-state index contributed by atoms with van der Waals surface area (Å²) in [6.45, 7) is 7.34. The summed E-state index contributed by atoms with van der Waals surface area (Å²) in [4.78, 5) is 4.53. The average Bonchev–Trinajstić information content (AvgIpc) is 3.17. The van der Waals surface area contributed by atoms with Gasteiger partial charge in [-0.15, -0.1) is 0 Å². The highest BCUT2D eigenvalue weighted by Gasteiger charge is 2.31. The Morgan fingerprint density at radius 1 is 1.65 bits per heavy atom. The maximum absolute atomic E-state index is 12.6. The van der Waals surface area contributed by atoms with Gasteiger partial charge in [-0.05, 0) is 18.4 Å². The van der Waals surface area contributed by atoms with E-state index in [2.05, 4.69) is 23.5 Å². The first-order chi connectivity index (χ1) is 9.56. The van der Waals surface area contributed by atoms with Crippen LogP contribution in [-0.4, -0.2) is 22.0 Å². The molecule has 0 aliphatic heterocycles. The lowest BCUT2D eigenvalue weighted by Gasteiger charge is -2.05. The van der Waals surface area contributed by atoms with Crippen molar-refractivity contribution in [2.24, 2.45) is 0 Å². The van der Waals surface area contributed by atoms with Gasteiger partial charge < -0.3 is 5.32 Å². The molecular formula is C14H17ClN2OS2. The Hall–Kier alpha value is -0.910. The second kappa shape index (κ2) is 6.70. The van der Waals surface area contributed by atoms with Gasteiger partial charge in [-0.25, -0.2) is 4.98 Å². The fraction of sp³-hybridized carbons (Fsp3) is 0.357. The van der Waals surface area contributed by atoms with Crippen molar-refractivity contribution in [2.75, 3.05) is 18.1 Å². The largest absolute Gasteiger partial charge is 0.365 e. The van der Waals surface area contributed by atoms with Gasteiger partial charge in [-0.1, -0.05) is 48.2 Å². The molecule has 1 heterocycles. The molecule has 2 rings (SSSR count). The molecule has 0 bridgehead atoms. The summed E-state index contributed by atoms with van der Waals surface area (Å²) in [5.41, 5.74) is 1.73. The molecule has 1 aliphatic rings.